The first-order valence-corrected chi connectivity index (χ1v) is 10.7. The van der Waals surface area contributed by atoms with Gasteiger partial charge in [-0.3, -0.25) is 9.89 Å². The molecule has 3 rings (SSSR count). The van der Waals surface area contributed by atoms with Crippen LogP contribution in [0.15, 0.2) is 34.6 Å². The summed E-state index contributed by atoms with van der Waals surface area (Å²) in [6, 6.07) is 7.28. The van der Waals surface area contributed by atoms with E-state index in [0.717, 1.165) is 26.1 Å². The van der Waals surface area contributed by atoms with Crippen molar-refractivity contribution in [2.24, 2.45) is 4.99 Å². The van der Waals surface area contributed by atoms with Crippen molar-refractivity contribution in [3.05, 3.63) is 45.6 Å². The summed E-state index contributed by atoms with van der Waals surface area (Å²) in [6.07, 6.45) is 1.09. The number of ether oxygens (including phenoxy) is 2. The molecular weight excluding hydrogens is 537 g/mol. The maximum atomic E-state index is 12.7. The van der Waals surface area contributed by atoms with Crippen molar-refractivity contribution in [2.45, 2.75) is 39.1 Å². The fraction of sp³-hybridized carbons (Fsp3) is 0.476. The summed E-state index contributed by atoms with van der Waals surface area (Å²) in [5.74, 6) is 1.28. The molecule has 1 aromatic carbocycles. The van der Waals surface area contributed by atoms with Crippen LogP contribution in [-0.4, -0.2) is 50.8 Å². The maximum absolute atomic E-state index is 12.7. The van der Waals surface area contributed by atoms with Gasteiger partial charge in [0.15, 0.2) is 5.96 Å². The van der Waals surface area contributed by atoms with Gasteiger partial charge in [-0.05, 0) is 48.6 Å². The summed E-state index contributed by atoms with van der Waals surface area (Å²) in [7, 11) is 3.21. The fourth-order valence-electron chi connectivity index (χ4n) is 3.45. The number of methoxy groups -OCH3 is 1. The normalized spacial score (nSPS) is 15.1. The van der Waals surface area contributed by atoms with Gasteiger partial charge in [-0.25, -0.2) is 0 Å². The minimum Gasteiger partial charge on any atom is -0.497 e. The van der Waals surface area contributed by atoms with Crippen LogP contribution >= 0.6 is 35.3 Å². The summed E-state index contributed by atoms with van der Waals surface area (Å²) >= 11 is 1.84. The van der Waals surface area contributed by atoms with E-state index in [1.54, 1.807) is 19.2 Å². The molecule has 1 aliphatic rings. The van der Waals surface area contributed by atoms with Gasteiger partial charge in [0.1, 0.15) is 11.5 Å². The van der Waals surface area contributed by atoms with E-state index >= 15 is 0 Å². The lowest BCUT2D eigenvalue weighted by Crippen LogP contribution is -2.47. The zero-order chi connectivity index (χ0) is 21.5. The average molecular weight is 566 g/mol. The Hall–Kier alpha value is -1.66. The highest BCUT2D eigenvalue weighted by Gasteiger charge is 2.21. The molecule has 1 aromatic heterocycles. The Morgan fingerprint density at radius 3 is 2.81 bits per heavy atom. The van der Waals surface area contributed by atoms with Gasteiger partial charge in [-0.1, -0.05) is 0 Å². The van der Waals surface area contributed by atoms with Crippen molar-refractivity contribution < 1.29 is 18.3 Å². The molecule has 1 unspecified atom stereocenters. The van der Waals surface area contributed by atoms with Crippen molar-refractivity contribution >= 4 is 41.3 Å². The molecule has 10 heteroatoms. The number of thiophene rings is 1. The van der Waals surface area contributed by atoms with Gasteiger partial charge < -0.3 is 20.1 Å². The van der Waals surface area contributed by atoms with Crippen LogP contribution in [0.2, 0.25) is 0 Å². The Morgan fingerprint density at radius 2 is 2.10 bits per heavy atom. The van der Waals surface area contributed by atoms with Crippen LogP contribution in [0.25, 0.3) is 0 Å². The Bertz CT molecular complexity index is 866. The van der Waals surface area contributed by atoms with Crippen molar-refractivity contribution in [3.8, 4) is 11.5 Å². The first-order valence-electron chi connectivity index (χ1n) is 9.85. The zero-order valence-electron chi connectivity index (χ0n) is 17.9. The molecule has 172 valence electrons. The summed E-state index contributed by atoms with van der Waals surface area (Å²) in [5, 5.41) is 8.65. The predicted molar refractivity (Wildman–Crippen MR) is 131 cm³/mol. The van der Waals surface area contributed by atoms with Gasteiger partial charge in [0, 0.05) is 49.7 Å². The van der Waals surface area contributed by atoms with Crippen molar-refractivity contribution in [3.63, 3.8) is 0 Å². The molecule has 2 N–H and O–H groups in total. The van der Waals surface area contributed by atoms with Crippen LogP contribution in [0.1, 0.15) is 22.9 Å². The highest BCUT2D eigenvalue weighted by molar-refractivity contribution is 14.0. The van der Waals surface area contributed by atoms with Crippen molar-refractivity contribution in [2.75, 3.05) is 27.2 Å². The monoisotopic (exact) mass is 566 g/mol. The molecule has 1 aliphatic heterocycles. The smallest absolute Gasteiger partial charge is 0.387 e. The molecule has 0 fully saturated rings. The Morgan fingerprint density at radius 1 is 1.29 bits per heavy atom. The van der Waals surface area contributed by atoms with Gasteiger partial charge in [0.2, 0.25) is 0 Å². The van der Waals surface area contributed by atoms with Crippen LogP contribution in [0.4, 0.5) is 8.78 Å². The number of alkyl halides is 2. The number of halogens is 3. The molecule has 2 heterocycles. The lowest BCUT2D eigenvalue weighted by atomic mass is 10.1. The van der Waals surface area contributed by atoms with E-state index in [1.165, 1.54) is 23.6 Å². The second-order valence-corrected chi connectivity index (χ2v) is 8.10. The molecule has 0 saturated carbocycles. The van der Waals surface area contributed by atoms with E-state index in [9.17, 15) is 8.78 Å². The molecule has 0 saturated heterocycles. The van der Waals surface area contributed by atoms with Gasteiger partial charge in [0.25, 0.3) is 0 Å². The lowest BCUT2D eigenvalue weighted by Gasteiger charge is -2.32. The number of nitrogens with zero attached hydrogens (tertiary/aromatic N) is 2. The van der Waals surface area contributed by atoms with E-state index in [0.29, 0.717) is 23.3 Å². The SMILES string of the molecule is CN=C(NCc1cc(OC)ccc1OC(F)F)NCC(C)N1CCc2sccc2C1.I. The van der Waals surface area contributed by atoms with Crippen LogP contribution in [0.3, 0.4) is 0 Å². The van der Waals surface area contributed by atoms with Crippen LogP contribution in [0, 0.1) is 0 Å². The molecule has 6 nitrogen and oxygen atoms in total. The third kappa shape index (κ3) is 7.18. The second-order valence-electron chi connectivity index (χ2n) is 7.10. The molecule has 2 aromatic rings. The third-order valence-electron chi connectivity index (χ3n) is 5.18. The van der Waals surface area contributed by atoms with Crippen LogP contribution in [-0.2, 0) is 19.5 Å². The van der Waals surface area contributed by atoms with Gasteiger partial charge in [0.05, 0.1) is 7.11 Å². The van der Waals surface area contributed by atoms with Gasteiger partial charge in [-0.2, -0.15) is 8.78 Å². The van der Waals surface area contributed by atoms with Crippen molar-refractivity contribution in [1.82, 2.24) is 15.5 Å². The third-order valence-corrected chi connectivity index (χ3v) is 6.20. The Balaban J connectivity index is 0.00000341. The molecule has 0 spiro atoms. The predicted octanol–water partition coefficient (Wildman–Crippen LogP) is 4.09. The summed E-state index contributed by atoms with van der Waals surface area (Å²) in [6.45, 7) is 2.30. The second kappa shape index (κ2) is 12.4. The number of guanidine groups is 1. The van der Waals surface area contributed by atoms with Gasteiger partial charge >= 0.3 is 6.61 Å². The molecular formula is C21H29F2IN4O2S. The fourth-order valence-corrected chi connectivity index (χ4v) is 4.34. The van der Waals surface area contributed by atoms with Gasteiger partial charge in [-0.15, -0.1) is 35.3 Å². The minimum absolute atomic E-state index is 0. The topological polar surface area (TPSA) is 58.1 Å². The minimum atomic E-state index is -2.89. The number of rotatable bonds is 8. The summed E-state index contributed by atoms with van der Waals surface area (Å²) in [4.78, 5) is 8.18. The Kier molecular flexibility index (Phi) is 10.2. The van der Waals surface area contributed by atoms with E-state index in [1.807, 2.05) is 11.3 Å². The lowest BCUT2D eigenvalue weighted by molar-refractivity contribution is -0.0504. The largest absolute Gasteiger partial charge is 0.497 e. The van der Waals surface area contributed by atoms with E-state index < -0.39 is 6.61 Å². The molecule has 31 heavy (non-hydrogen) atoms. The van der Waals surface area contributed by atoms with Crippen LogP contribution < -0.4 is 20.1 Å². The number of aliphatic imine (C=N–C) groups is 1. The zero-order valence-corrected chi connectivity index (χ0v) is 21.0. The summed E-state index contributed by atoms with van der Waals surface area (Å²) in [5.41, 5.74) is 1.98. The molecule has 0 radical (unpaired) electrons. The quantitative estimate of drug-likeness (QED) is 0.287. The first kappa shape index (κ1) is 25.6. The van der Waals surface area contributed by atoms with E-state index in [-0.39, 0.29) is 36.3 Å². The molecule has 0 bridgehead atoms. The summed E-state index contributed by atoms with van der Waals surface area (Å²) < 4.78 is 35.2. The maximum Gasteiger partial charge on any atom is 0.387 e. The molecule has 0 amide bonds. The highest BCUT2D eigenvalue weighted by Crippen LogP contribution is 2.26. The number of fused-ring (bicyclic) bond motifs is 1. The average Bonchev–Trinajstić information content (AvgIpc) is 3.22. The number of hydrogen-bond acceptors (Lipinski definition) is 5. The van der Waals surface area contributed by atoms with Crippen LogP contribution in [0.5, 0.6) is 11.5 Å². The molecule has 1 atom stereocenters. The number of hydrogen-bond donors (Lipinski definition) is 2. The Labute approximate surface area is 203 Å². The van der Waals surface area contributed by atoms with E-state index in [2.05, 4.69) is 43.6 Å². The highest BCUT2D eigenvalue weighted by atomic mass is 127. The number of benzene rings is 1. The van der Waals surface area contributed by atoms with Crippen molar-refractivity contribution in [1.29, 1.82) is 0 Å². The standard InChI is InChI=1S/C21H28F2N4O2S.HI/c1-14(27-8-6-19-15(13-27)7-9-30-19)11-25-21(24-2)26-12-16-10-17(28-3)4-5-18(16)29-20(22)23;/h4-5,7,9-10,14,20H,6,8,11-13H2,1-3H3,(H2,24,25,26);1H. The first-order chi connectivity index (χ1) is 14.5. The van der Waals surface area contributed by atoms with E-state index in [4.69, 9.17) is 4.74 Å². The number of nitrogens with one attached hydrogen (secondary N) is 2. The molecule has 0 aliphatic carbocycles.